The van der Waals surface area contributed by atoms with E-state index in [9.17, 15) is 4.11 Å². The molecule has 5 heteroatoms. The number of hydrogen-bond donors (Lipinski definition) is 0. The summed E-state index contributed by atoms with van der Waals surface area (Å²) < 4.78 is 127. The van der Waals surface area contributed by atoms with Crippen LogP contribution in [0.5, 0.6) is 0 Å². The van der Waals surface area contributed by atoms with Crippen molar-refractivity contribution in [3.63, 3.8) is 0 Å². The van der Waals surface area contributed by atoms with E-state index in [0.717, 1.165) is 11.3 Å². The van der Waals surface area contributed by atoms with Gasteiger partial charge in [-0.3, -0.25) is 0 Å². The number of para-hydroxylation sites is 2. The molecule has 0 unspecified atom stereocenters. The van der Waals surface area contributed by atoms with Gasteiger partial charge in [0.1, 0.15) is 0 Å². The SMILES string of the molecule is [2H]c1cc([2H])c2sc3c(-c4ccc(-c5nc(-c6ccccc6)nc(-c6ccccc6)n5)cc4-n4c5c([2H])c([2H])c([2H])c([2H])c5c5c([2H])c([2H])c([2H])c([2H])c54)c([2H])c([2H])c([2H])c3c2c1[2H]. The lowest BCUT2D eigenvalue weighted by molar-refractivity contribution is 1.07. The van der Waals surface area contributed by atoms with E-state index in [1.54, 1.807) is 18.2 Å². The number of rotatable bonds is 5. The summed E-state index contributed by atoms with van der Waals surface area (Å²) in [6.45, 7) is 0. The molecule has 7 aromatic carbocycles. The summed E-state index contributed by atoms with van der Waals surface area (Å²) in [6.07, 6.45) is 0. The minimum absolute atomic E-state index is 0.0401. The van der Waals surface area contributed by atoms with Crippen molar-refractivity contribution in [2.24, 2.45) is 0 Å². The van der Waals surface area contributed by atoms with Crippen LogP contribution < -0.4 is 0 Å². The van der Waals surface area contributed by atoms with Crippen molar-refractivity contribution >= 4 is 53.3 Å². The van der Waals surface area contributed by atoms with E-state index >= 15 is 0 Å². The molecule has 50 heavy (non-hydrogen) atoms. The number of nitrogens with zero attached hydrogens (tertiary/aromatic N) is 4. The Balaban J connectivity index is 1.42. The first kappa shape index (κ1) is 17.8. The summed E-state index contributed by atoms with van der Waals surface area (Å²) in [5.41, 5.74) is 1.52. The fraction of sp³-hybridized carbons (Fsp3) is 0. The van der Waals surface area contributed by atoms with Crippen LogP contribution >= 0.6 is 11.3 Å². The molecule has 0 aliphatic heterocycles. The lowest BCUT2D eigenvalue weighted by Gasteiger charge is -2.17. The molecule has 10 rings (SSSR count). The number of benzene rings is 7. The van der Waals surface area contributed by atoms with Gasteiger partial charge in [-0.15, -0.1) is 11.3 Å². The first-order chi connectivity index (χ1) is 30.6. The van der Waals surface area contributed by atoms with Gasteiger partial charge < -0.3 is 4.57 Å². The molecule has 4 nitrogen and oxygen atoms in total. The van der Waals surface area contributed by atoms with Gasteiger partial charge in [-0.2, -0.15) is 0 Å². The average Bonchev–Trinajstić information content (AvgIpc) is 3.89. The Morgan fingerprint density at radius 3 is 1.70 bits per heavy atom. The van der Waals surface area contributed by atoms with Gasteiger partial charge in [-0.1, -0.05) is 145 Å². The Kier molecular flexibility index (Phi) is 4.14. The molecule has 0 spiro atoms. The van der Waals surface area contributed by atoms with Crippen LogP contribution in [0.25, 0.3) is 93.0 Å². The normalized spacial score (nSPS) is 15.5. The molecule has 3 heterocycles. The average molecular weight is 671 g/mol. The molecule has 0 aliphatic carbocycles. The van der Waals surface area contributed by atoms with Crippen LogP contribution in [0.1, 0.15) is 19.2 Å². The summed E-state index contributed by atoms with van der Waals surface area (Å²) in [7, 11) is 0. The maximum Gasteiger partial charge on any atom is 0.164 e. The van der Waals surface area contributed by atoms with Crippen LogP contribution in [-0.2, 0) is 0 Å². The van der Waals surface area contributed by atoms with E-state index in [-0.39, 0.29) is 88.8 Å². The molecule has 234 valence electrons. The standard InChI is InChI=1S/C45H28N4S/c1-3-14-29(15-4-1)43-46-44(30-16-5-2-6-17-30)48-45(47-43)31-26-27-34(36-21-13-22-37-35-20-9-12-25-41(35)50-42(36)37)40(28-31)49-38-23-10-7-18-32(38)33-19-8-11-24-39(33)49/h1-28H/i7D,8D,9D,10D,11D,13D,18D,19D,20D,21D,22D,23D,24D,25D. The van der Waals surface area contributed by atoms with E-state index in [1.807, 2.05) is 60.7 Å². The number of aromatic nitrogens is 4. The predicted octanol–water partition coefficient (Wildman–Crippen LogP) is 12.0. The second kappa shape index (κ2) is 11.6. The number of thiophene rings is 1. The Bertz CT molecular complexity index is 3530. The van der Waals surface area contributed by atoms with Gasteiger partial charge in [0.2, 0.25) is 0 Å². The zero-order valence-corrected chi connectivity index (χ0v) is 26.6. The topological polar surface area (TPSA) is 43.6 Å². The number of hydrogen-bond acceptors (Lipinski definition) is 4. The summed E-state index contributed by atoms with van der Waals surface area (Å²) in [4.78, 5) is 14.6. The van der Waals surface area contributed by atoms with Crippen molar-refractivity contribution in [1.82, 2.24) is 19.5 Å². The molecule has 10 aromatic rings. The van der Waals surface area contributed by atoms with Gasteiger partial charge in [0, 0.05) is 58.8 Å². The Morgan fingerprint density at radius 1 is 0.460 bits per heavy atom. The van der Waals surface area contributed by atoms with Crippen LogP contribution in [-0.4, -0.2) is 19.5 Å². The maximum atomic E-state index is 9.45. The quantitative estimate of drug-likeness (QED) is 0.183. The summed E-state index contributed by atoms with van der Waals surface area (Å²) in [5, 5.41) is -0.183. The van der Waals surface area contributed by atoms with Crippen molar-refractivity contribution in [2.45, 2.75) is 0 Å². The van der Waals surface area contributed by atoms with Crippen LogP contribution in [0.3, 0.4) is 0 Å². The third-order valence-electron chi connectivity index (χ3n) is 8.48. The van der Waals surface area contributed by atoms with Gasteiger partial charge in [0.25, 0.3) is 0 Å². The van der Waals surface area contributed by atoms with Crippen LogP contribution in [0, 0.1) is 0 Å². The molecule has 0 amide bonds. The molecule has 0 saturated heterocycles. The lowest BCUT2D eigenvalue weighted by atomic mass is 9.98. The van der Waals surface area contributed by atoms with E-state index in [1.165, 1.54) is 10.6 Å². The van der Waals surface area contributed by atoms with Crippen molar-refractivity contribution in [1.29, 1.82) is 0 Å². The molecule has 0 atom stereocenters. The summed E-state index contributed by atoms with van der Waals surface area (Å²) in [5.74, 6) is 0.810. The van der Waals surface area contributed by atoms with E-state index in [0.29, 0.717) is 28.3 Å². The van der Waals surface area contributed by atoms with E-state index in [2.05, 4.69) is 0 Å². The third-order valence-corrected chi connectivity index (χ3v) is 9.62. The molecular formula is C45H28N4S. The summed E-state index contributed by atoms with van der Waals surface area (Å²) >= 11 is 1.00. The highest BCUT2D eigenvalue weighted by Crippen LogP contribution is 2.44. The second-order valence-electron chi connectivity index (χ2n) is 11.4. The monoisotopic (exact) mass is 670 g/mol. The van der Waals surface area contributed by atoms with Crippen molar-refractivity contribution < 1.29 is 19.2 Å². The van der Waals surface area contributed by atoms with Crippen LogP contribution in [0.2, 0.25) is 0 Å². The van der Waals surface area contributed by atoms with Crippen LogP contribution in [0.15, 0.2) is 170 Å². The molecule has 0 saturated carbocycles. The highest BCUT2D eigenvalue weighted by atomic mass is 32.1. The van der Waals surface area contributed by atoms with E-state index in [4.69, 9.17) is 30.0 Å². The van der Waals surface area contributed by atoms with Gasteiger partial charge in [0.05, 0.1) is 35.9 Å². The fourth-order valence-electron chi connectivity index (χ4n) is 6.23. The highest BCUT2D eigenvalue weighted by molar-refractivity contribution is 7.26. The van der Waals surface area contributed by atoms with Crippen LogP contribution in [0.4, 0.5) is 0 Å². The van der Waals surface area contributed by atoms with Gasteiger partial charge >= 0.3 is 0 Å². The Hall–Kier alpha value is -6.43. The highest BCUT2D eigenvalue weighted by Gasteiger charge is 2.20. The third kappa shape index (κ3) is 4.63. The summed E-state index contributed by atoms with van der Waals surface area (Å²) in [6, 6.07) is 17.8. The molecule has 0 fully saturated rings. The molecule has 0 N–H and O–H groups in total. The number of fused-ring (bicyclic) bond motifs is 6. The largest absolute Gasteiger partial charge is 0.309 e. The smallest absolute Gasteiger partial charge is 0.164 e. The first-order valence-corrected chi connectivity index (χ1v) is 16.4. The van der Waals surface area contributed by atoms with E-state index < -0.39 is 60.4 Å². The van der Waals surface area contributed by atoms with Crippen molar-refractivity contribution in [3.8, 4) is 51.0 Å². The van der Waals surface area contributed by atoms with Crippen molar-refractivity contribution in [2.75, 3.05) is 0 Å². The second-order valence-corrected chi connectivity index (χ2v) is 12.4. The molecule has 0 radical (unpaired) electrons. The zero-order chi connectivity index (χ0) is 45.2. The maximum absolute atomic E-state index is 9.45. The Labute approximate surface area is 312 Å². The first-order valence-electron chi connectivity index (χ1n) is 22.6. The molecule has 3 aromatic heterocycles. The van der Waals surface area contributed by atoms with Gasteiger partial charge in [0.15, 0.2) is 17.5 Å². The minimum atomic E-state index is -0.635. The molecule has 0 bridgehead atoms. The minimum Gasteiger partial charge on any atom is -0.309 e. The molecular weight excluding hydrogens is 629 g/mol. The Morgan fingerprint density at radius 2 is 1.04 bits per heavy atom. The van der Waals surface area contributed by atoms with Gasteiger partial charge in [-0.05, 0) is 24.2 Å². The fourth-order valence-corrected chi connectivity index (χ4v) is 7.32. The zero-order valence-electron chi connectivity index (χ0n) is 39.8. The van der Waals surface area contributed by atoms with Crippen molar-refractivity contribution in [3.05, 3.63) is 170 Å². The predicted molar refractivity (Wildman–Crippen MR) is 209 cm³/mol. The van der Waals surface area contributed by atoms with Gasteiger partial charge in [-0.25, -0.2) is 15.0 Å². The molecule has 0 aliphatic rings. The lowest BCUT2D eigenvalue weighted by Crippen LogP contribution is -2.02.